The van der Waals surface area contributed by atoms with Crippen molar-refractivity contribution in [2.45, 2.75) is 6.92 Å². The van der Waals surface area contributed by atoms with Crippen molar-refractivity contribution in [3.8, 4) is 0 Å². The maximum atomic E-state index is 11.4. The van der Waals surface area contributed by atoms with E-state index in [0.29, 0.717) is 5.65 Å². The van der Waals surface area contributed by atoms with Crippen LogP contribution in [0.3, 0.4) is 0 Å². The van der Waals surface area contributed by atoms with Crippen LogP contribution >= 0.6 is 0 Å². The Balaban J connectivity index is 2.52. The zero-order valence-corrected chi connectivity index (χ0v) is 8.04. The summed E-state index contributed by atoms with van der Waals surface area (Å²) in [4.78, 5) is 15.2. The van der Waals surface area contributed by atoms with E-state index in [0.717, 1.165) is 0 Å². The van der Waals surface area contributed by atoms with Crippen LogP contribution in [0.5, 0.6) is 0 Å². The number of ether oxygens (including phenoxy) is 1. The van der Waals surface area contributed by atoms with Gasteiger partial charge in [-0.2, -0.15) is 0 Å². The Morgan fingerprint density at radius 2 is 2.40 bits per heavy atom. The third-order valence-corrected chi connectivity index (χ3v) is 1.84. The molecule has 0 aliphatic heterocycles. The smallest absolute Gasteiger partial charge is 0.362 e. The van der Waals surface area contributed by atoms with Crippen molar-refractivity contribution in [3.05, 3.63) is 18.2 Å². The topological polar surface area (TPSA) is 95.4 Å². The van der Waals surface area contributed by atoms with Crippen LogP contribution in [-0.2, 0) is 4.74 Å². The molecule has 0 aromatic carbocycles. The number of hydrogen-bond donors (Lipinski definition) is 1. The van der Waals surface area contributed by atoms with Gasteiger partial charge < -0.3 is 10.5 Å². The van der Waals surface area contributed by atoms with Gasteiger partial charge in [-0.1, -0.05) is 0 Å². The second kappa shape index (κ2) is 3.52. The van der Waals surface area contributed by atoms with E-state index in [9.17, 15) is 4.79 Å². The largest absolute Gasteiger partial charge is 0.461 e. The SMILES string of the molecule is CCOC(=O)c1nnc2cncn2c1N. The third kappa shape index (κ3) is 1.47. The molecule has 78 valence electrons. The highest BCUT2D eigenvalue weighted by Crippen LogP contribution is 2.10. The summed E-state index contributed by atoms with van der Waals surface area (Å²) in [7, 11) is 0. The molecule has 0 fully saturated rings. The summed E-state index contributed by atoms with van der Waals surface area (Å²) in [6, 6.07) is 0. The lowest BCUT2D eigenvalue weighted by atomic mass is 10.4. The predicted molar refractivity (Wildman–Crippen MR) is 51.2 cm³/mol. The summed E-state index contributed by atoms with van der Waals surface area (Å²) < 4.78 is 6.25. The molecule has 7 nitrogen and oxygen atoms in total. The van der Waals surface area contributed by atoms with Crippen LogP contribution in [0.25, 0.3) is 5.65 Å². The average molecular weight is 207 g/mol. The number of nitrogens with zero attached hydrogens (tertiary/aromatic N) is 4. The van der Waals surface area contributed by atoms with E-state index in [1.165, 1.54) is 16.9 Å². The molecule has 0 saturated carbocycles. The molecule has 0 saturated heterocycles. The van der Waals surface area contributed by atoms with Crippen molar-refractivity contribution in [2.75, 3.05) is 12.3 Å². The van der Waals surface area contributed by atoms with Gasteiger partial charge in [-0.15, -0.1) is 10.2 Å². The quantitative estimate of drug-likeness (QED) is 0.690. The molecule has 0 aliphatic carbocycles. The van der Waals surface area contributed by atoms with Crippen LogP contribution in [0.1, 0.15) is 17.4 Å². The Bertz CT molecular complexity index is 507. The van der Waals surface area contributed by atoms with Crippen LogP contribution in [0.15, 0.2) is 12.5 Å². The maximum Gasteiger partial charge on any atom is 0.362 e. The lowest BCUT2D eigenvalue weighted by molar-refractivity contribution is 0.0519. The fourth-order valence-electron chi connectivity index (χ4n) is 1.16. The van der Waals surface area contributed by atoms with Gasteiger partial charge in [0.25, 0.3) is 0 Å². The highest BCUT2D eigenvalue weighted by Gasteiger charge is 2.16. The second-order valence-corrected chi connectivity index (χ2v) is 2.78. The molecule has 0 atom stereocenters. The fourth-order valence-corrected chi connectivity index (χ4v) is 1.16. The summed E-state index contributed by atoms with van der Waals surface area (Å²) in [5.41, 5.74) is 6.20. The van der Waals surface area contributed by atoms with E-state index in [4.69, 9.17) is 10.5 Å². The summed E-state index contributed by atoms with van der Waals surface area (Å²) >= 11 is 0. The predicted octanol–water partition coefficient (Wildman–Crippen LogP) is -0.117. The summed E-state index contributed by atoms with van der Waals surface area (Å²) in [5, 5.41) is 7.46. The van der Waals surface area contributed by atoms with Gasteiger partial charge in [0.15, 0.2) is 5.65 Å². The Hall–Kier alpha value is -2.18. The van der Waals surface area contributed by atoms with Crippen molar-refractivity contribution >= 4 is 17.4 Å². The molecule has 0 unspecified atom stereocenters. The summed E-state index contributed by atoms with van der Waals surface area (Å²) in [6.45, 7) is 1.97. The highest BCUT2D eigenvalue weighted by atomic mass is 16.5. The molecule has 2 aromatic rings. The molecule has 0 radical (unpaired) electrons. The van der Waals surface area contributed by atoms with Crippen LogP contribution < -0.4 is 5.73 Å². The minimum Gasteiger partial charge on any atom is -0.461 e. The van der Waals surface area contributed by atoms with E-state index < -0.39 is 5.97 Å². The molecule has 7 heteroatoms. The van der Waals surface area contributed by atoms with Crippen LogP contribution in [0, 0.1) is 0 Å². The van der Waals surface area contributed by atoms with Crippen LogP contribution in [0.2, 0.25) is 0 Å². The monoisotopic (exact) mass is 207 g/mol. The Kier molecular flexibility index (Phi) is 2.20. The molecule has 15 heavy (non-hydrogen) atoms. The number of carbonyl (C=O) groups excluding carboxylic acids is 1. The van der Waals surface area contributed by atoms with E-state index in [2.05, 4.69) is 15.2 Å². The molecule has 2 rings (SSSR count). The first-order valence-electron chi connectivity index (χ1n) is 4.35. The van der Waals surface area contributed by atoms with Gasteiger partial charge in [0.1, 0.15) is 12.1 Å². The number of esters is 1. The first-order valence-corrected chi connectivity index (χ1v) is 4.35. The van der Waals surface area contributed by atoms with Crippen molar-refractivity contribution < 1.29 is 9.53 Å². The number of hydrogen-bond acceptors (Lipinski definition) is 6. The van der Waals surface area contributed by atoms with E-state index >= 15 is 0 Å². The van der Waals surface area contributed by atoms with Crippen LogP contribution in [-0.4, -0.2) is 32.2 Å². The van der Waals surface area contributed by atoms with Crippen molar-refractivity contribution in [2.24, 2.45) is 0 Å². The molecule has 0 spiro atoms. The number of rotatable bonds is 2. The minimum absolute atomic E-state index is 0.00218. The van der Waals surface area contributed by atoms with Crippen molar-refractivity contribution in [1.29, 1.82) is 0 Å². The van der Waals surface area contributed by atoms with Gasteiger partial charge in [0.2, 0.25) is 5.69 Å². The van der Waals surface area contributed by atoms with Gasteiger partial charge in [0.05, 0.1) is 12.8 Å². The summed E-state index contributed by atoms with van der Waals surface area (Å²) in [6.07, 6.45) is 2.96. The zero-order valence-electron chi connectivity index (χ0n) is 8.04. The van der Waals surface area contributed by atoms with Gasteiger partial charge >= 0.3 is 5.97 Å². The third-order valence-electron chi connectivity index (χ3n) is 1.84. The molecule has 0 aliphatic rings. The number of fused-ring (bicyclic) bond motifs is 1. The van der Waals surface area contributed by atoms with Gasteiger partial charge in [0, 0.05) is 0 Å². The Labute approximate surface area is 84.9 Å². The molecule has 2 aromatic heterocycles. The van der Waals surface area contributed by atoms with Gasteiger partial charge in [-0.3, -0.25) is 4.40 Å². The van der Waals surface area contributed by atoms with E-state index in [-0.39, 0.29) is 18.1 Å². The Morgan fingerprint density at radius 3 is 3.13 bits per heavy atom. The van der Waals surface area contributed by atoms with Crippen molar-refractivity contribution in [1.82, 2.24) is 19.6 Å². The average Bonchev–Trinajstić information content (AvgIpc) is 2.67. The molecule has 2 heterocycles. The first-order chi connectivity index (χ1) is 7.24. The van der Waals surface area contributed by atoms with Crippen molar-refractivity contribution in [3.63, 3.8) is 0 Å². The van der Waals surface area contributed by atoms with Gasteiger partial charge in [-0.05, 0) is 6.92 Å². The standard InChI is InChI=1S/C8H9N5O2/c1-2-15-8(14)6-7(9)13-4-10-3-5(13)11-12-6/h3-4H,2,9H2,1H3. The highest BCUT2D eigenvalue weighted by molar-refractivity contribution is 5.92. The number of nitrogens with two attached hydrogens (primary N) is 1. The molecule has 0 amide bonds. The number of imidazole rings is 1. The summed E-state index contributed by atoms with van der Waals surface area (Å²) in [5.74, 6) is -0.408. The molecular weight excluding hydrogens is 198 g/mol. The van der Waals surface area contributed by atoms with E-state index in [1.807, 2.05) is 0 Å². The lowest BCUT2D eigenvalue weighted by Gasteiger charge is -2.04. The minimum atomic E-state index is -0.585. The fraction of sp³-hybridized carbons (Fsp3) is 0.250. The molecular formula is C8H9N5O2. The Morgan fingerprint density at radius 1 is 1.60 bits per heavy atom. The number of nitrogen functional groups attached to an aromatic ring is 1. The number of aromatic nitrogens is 4. The molecule has 0 bridgehead atoms. The number of carbonyl (C=O) groups is 1. The second-order valence-electron chi connectivity index (χ2n) is 2.78. The maximum absolute atomic E-state index is 11.4. The van der Waals surface area contributed by atoms with E-state index in [1.54, 1.807) is 6.92 Å². The molecule has 2 N–H and O–H groups in total. The van der Waals surface area contributed by atoms with Crippen LogP contribution in [0.4, 0.5) is 5.82 Å². The zero-order chi connectivity index (χ0) is 10.8. The number of anilines is 1. The van der Waals surface area contributed by atoms with Gasteiger partial charge in [-0.25, -0.2) is 9.78 Å². The lowest BCUT2D eigenvalue weighted by Crippen LogP contribution is -2.14. The first kappa shape index (κ1) is 9.38. The normalized spacial score (nSPS) is 10.5.